The van der Waals surface area contributed by atoms with Gasteiger partial charge in [-0.2, -0.15) is 0 Å². The number of esters is 1. The minimum atomic E-state index is -0.962. The molecule has 0 heterocycles. The van der Waals surface area contributed by atoms with Crippen LogP contribution < -0.4 is 10.6 Å². The van der Waals surface area contributed by atoms with Gasteiger partial charge in [-0.05, 0) is 43.7 Å². The van der Waals surface area contributed by atoms with E-state index < -0.39 is 18.0 Å². The van der Waals surface area contributed by atoms with Crippen LogP contribution in [0, 0.1) is 6.92 Å². The largest absolute Gasteiger partial charge is 0.449 e. The third-order valence-corrected chi connectivity index (χ3v) is 3.47. The first-order valence-electron chi connectivity index (χ1n) is 7.82. The summed E-state index contributed by atoms with van der Waals surface area (Å²) in [6.45, 7) is 4.76. The van der Waals surface area contributed by atoms with Crippen molar-refractivity contribution < 1.29 is 19.1 Å². The molecule has 130 valence electrons. The molecule has 0 aromatic heterocycles. The number of anilines is 2. The van der Waals surface area contributed by atoms with Crippen molar-refractivity contribution in [3.05, 3.63) is 59.7 Å². The fourth-order valence-electron chi connectivity index (χ4n) is 2.16. The molecule has 0 fully saturated rings. The second-order valence-electron chi connectivity index (χ2n) is 5.61. The molecule has 0 aliphatic carbocycles. The maximum absolute atomic E-state index is 12.2. The van der Waals surface area contributed by atoms with Crippen LogP contribution in [-0.4, -0.2) is 23.9 Å². The van der Waals surface area contributed by atoms with Crippen LogP contribution in [-0.2, 0) is 14.3 Å². The maximum atomic E-state index is 12.2. The highest BCUT2D eigenvalue weighted by atomic mass is 16.5. The molecular weight excluding hydrogens is 320 g/mol. The number of hydrogen-bond donors (Lipinski definition) is 2. The third-order valence-electron chi connectivity index (χ3n) is 3.47. The molecule has 0 aliphatic heterocycles. The number of nitrogens with one attached hydrogen (secondary N) is 2. The monoisotopic (exact) mass is 340 g/mol. The molecule has 0 spiro atoms. The Bertz CT molecular complexity index is 802. The van der Waals surface area contributed by atoms with Gasteiger partial charge >= 0.3 is 5.97 Å². The lowest BCUT2D eigenvalue weighted by Crippen LogP contribution is -2.30. The lowest BCUT2D eigenvalue weighted by atomic mass is 10.2. The van der Waals surface area contributed by atoms with Gasteiger partial charge in [0.1, 0.15) is 0 Å². The first-order chi connectivity index (χ1) is 11.9. The Hall–Kier alpha value is -3.15. The Morgan fingerprint density at radius 3 is 2.40 bits per heavy atom. The van der Waals surface area contributed by atoms with Gasteiger partial charge in [-0.1, -0.05) is 24.3 Å². The number of hydrogen-bond acceptors (Lipinski definition) is 4. The van der Waals surface area contributed by atoms with Crippen molar-refractivity contribution in [1.82, 2.24) is 0 Å². The van der Waals surface area contributed by atoms with Crippen LogP contribution in [0.2, 0.25) is 0 Å². The predicted molar refractivity (Wildman–Crippen MR) is 95.4 cm³/mol. The highest BCUT2D eigenvalue weighted by Crippen LogP contribution is 2.15. The van der Waals surface area contributed by atoms with Crippen molar-refractivity contribution in [2.45, 2.75) is 26.9 Å². The zero-order chi connectivity index (χ0) is 18.4. The summed E-state index contributed by atoms with van der Waals surface area (Å²) in [6, 6.07) is 13.7. The Balaban J connectivity index is 2.01. The topological polar surface area (TPSA) is 84.5 Å². The molecule has 0 aliphatic rings. The molecule has 1 atom stereocenters. The van der Waals surface area contributed by atoms with Crippen LogP contribution in [0.4, 0.5) is 11.4 Å². The summed E-state index contributed by atoms with van der Waals surface area (Å²) in [4.78, 5) is 35.5. The van der Waals surface area contributed by atoms with E-state index in [1.807, 2.05) is 25.1 Å². The van der Waals surface area contributed by atoms with E-state index in [1.54, 1.807) is 24.3 Å². The molecule has 25 heavy (non-hydrogen) atoms. The summed E-state index contributed by atoms with van der Waals surface area (Å²) in [5.41, 5.74) is 2.32. The lowest BCUT2D eigenvalue weighted by Gasteiger charge is -2.15. The van der Waals surface area contributed by atoms with Crippen LogP contribution in [0.25, 0.3) is 0 Å². The van der Waals surface area contributed by atoms with Gasteiger partial charge in [-0.3, -0.25) is 9.59 Å². The van der Waals surface area contributed by atoms with Crippen molar-refractivity contribution in [2.75, 3.05) is 10.6 Å². The standard InChI is InChI=1S/C19H20N2O4/c1-12-7-4-5-10-17(12)21-18(23)13(2)25-19(24)15-8-6-9-16(11-15)20-14(3)22/h4-11,13H,1-3H3,(H,20,22)(H,21,23)/t13-/m0/s1. The van der Waals surface area contributed by atoms with Crippen molar-refractivity contribution in [3.63, 3.8) is 0 Å². The molecule has 0 unspecified atom stereocenters. The van der Waals surface area contributed by atoms with Crippen molar-refractivity contribution >= 4 is 29.2 Å². The summed E-state index contributed by atoms with van der Waals surface area (Å²) in [7, 11) is 0. The van der Waals surface area contributed by atoms with Gasteiger partial charge in [0.2, 0.25) is 5.91 Å². The molecule has 2 N–H and O–H groups in total. The van der Waals surface area contributed by atoms with Crippen molar-refractivity contribution in [2.24, 2.45) is 0 Å². The minimum absolute atomic E-state index is 0.239. The Labute approximate surface area is 146 Å². The minimum Gasteiger partial charge on any atom is -0.449 e. The van der Waals surface area contributed by atoms with Crippen LogP contribution in [0.1, 0.15) is 29.8 Å². The summed E-state index contributed by atoms with van der Waals surface area (Å²) in [5, 5.41) is 5.32. The average Bonchev–Trinajstić information content (AvgIpc) is 2.56. The van der Waals surface area contributed by atoms with Crippen LogP contribution in [0.15, 0.2) is 48.5 Å². The van der Waals surface area contributed by atoms with Gasteiger partial charge in [-0.25, -0.2) is 4.79 Å². The van der Waals surface area contributed by atoms with Gasteiger partial charge in [0.05, 0.1) is 5.56 Å². The Morgan fingerprint density at radius 1 is 1.00 bits per heavy atom. The van der Waals surface area contributed by atoms with Gasteiger partial charge in [0.15, 0.2) is 6.10 Å². The second kappa shape index (κ2) is 8.10. The first-order valence-corrected chi connectivity index (χ1v) is 7.82. The molecule has 2 aromatic rings. The van der Waals surface area contributed by atoms with Gasteiger partial charge in [0.25, 0.3) is 5.91 Å². The molecule has 0 saturated heterocycles. The van der Waals surface area contributed by atoms with E-state index in [2.05, 4.69) is 10.6 Å². The average molecular weight is 340 g/mol. The van der Waals surface area contributed by atoms with E-state index in [0.29, 0.717) is 11.4 Å². The molecule has 6 heteroatoms. The fourth-order valence-corrected chi connectivity index (χ4v) is 2.16. The predicted octanol–water partition coefficient (Wildman–Crippen LogP) is 3.14. The van der Waals surface area contributed by atoms with E-state index in [0.717, 1.165) is 5.56 Å². The smallest absolute Gasteiger partial charge is 0.338 e. The number of ether oxygens (including phenoxy) is 1. The lowest BCUT2D eigenvalue weighted by molar-refractivity contribution is -0.123. The SMILES string of the molecule is CC(=O)Nc1cccc(C(=O)O[C@@H](C)C(=O)Nc2ccccc2C)c1. The van der Waals surface area contributed by atoms with E-state index in [9.17, 15) is 14.4 Å². The van der Waals surface area contributed by atoms with E-state index >= 15 is 0 Å². The van der Waals surface area contributed by atoms with Gasteiger partial charge in [-0.15, -0.1) is 0 Å². The van der Waals surface area contributed by atoms with Crippen LogP contribution >= 0.6 is 0 Å². The molecule has 2 aromatic carbocycles. The number of para-hydroxylation sites is 1. The highest BCUT2D eigenvalue weighted by Gasteiger charge is 2.19. The van der Waals surface area contributed by atoms with Gasteiger partial charge < -0.3 is 15.4 Å². The first kappa shape index (κ1) is 18.2. The zero-order valence-corrected chi connectivity index (χ0v) is 14.3. The third kappa shape index (κ3) is 5.17. The summed E-state index contributed by atoms with van der Waals surface area (Å²) >= 11 is 0. The molecule has 2 rings (SSSR count). The number of aryl methyl sites for hydroxylation is 1. The summed E-state index contributed by atoms with van der Waals surface area (Å²) in [5.74, 6) is -1.29. The maximum Gasteiger partial charge on any atom is 0.338 e. The summed E-state index contributed by atoms with van der Waals surface area (Å²) in [6.07, 6.45) is -0.962. The van der Waals surface area contributed by atoms with Crippen LogP contribution in [0.5, 0.6) is 0 Å². The van der Waals surface area contributed by atoms with Crippen molar-refractivity contribution in [1.29, 1.82) is 0 Å². The van der Waals surface area contributed by atoms with E-state index in [4.69, 9.17) is 4.74 Å². The Kier molecular flexibility index (Phi) is 5.89. The van der Waals surface area contributed by atoms with E-state index in [1.165, 1.54) is 19.9 Å². The molecule has 0 bridgehead atoms. The number of benzene rings is 2. The van der Waals surface area contributed by atoms with Crippen molar-refractivity contribution in [3.8, 4) is 0 Å². The molecule has 0 saturated carbocycles. The van der Waals surface area contributed by atoms with Gasteiger partial charge in [0, 0.05) is 18.3 Å². The number of carbonyl (C=O) groups is 3. The molecular formula is C19H20N2O4. The number of amides is 2. The number of carbonyl (C=O) groups excluding carboxylic acids is 3. The number of rotatable bonds is 5. The molecule has 6 nitrogen and oxygen atoms in total. The quantitative estimate of drug-likeness (QED) is 0.819. The van der Waals surface area contributed by atoms with Crippen LogP contribution in [0.3, 0.4) is 0 Å². The second-order valence-corrected chi connectivity index (χ2v) is 5.61. The Morgan fingerprint density at radius 2 is 1.72 bits per heavy atom. The normalized spacial score (nSPS) is 11.3. The zero-order valence-electron chi connectivity index (χ0n) is 14.3. The highest BCUT2D eigenvalue weighted by molar-refractivity contribution is 5.98. The summed E-state index contributed by atoms with van der Waals surface area (Å²) < 4.78 is 5.21. The molecule has 2 amide bonds. The fraction of sp³-hybridized carbons (Fsp3) is 0.211. The molecule has 0 radical (unpaired) electrons. The van der Waals surface area contributed by atoms with E-state index in [-0.39, 0.29) is 11.5 Å².